The molecule has 4 aliphatic heterocycles. The second-order valence-corrected chi connectivity index (χ2v) is 11.2. The number of cyclic esters (lactones) is 4. The van der Waals surface area contributed by atoms with Crippen molar-refractivity contribution >= 4 is 35.4 Å². The SMILES string of the molecule is CC1CC(=O)C1.CC1CCOC1=O.CCC1CC(=O)C1.O=C1CCCCCO1.O=C1CCCCO1.O=C1CCCO1. The number of ether oxygens (including phenoxy) is 4. The lowest BCUT2D eigenvalue weighted by atomic mass is 9.82. The highest BCUT2D eigenvalue weighted by molar-refractivity contribution is 5.84. The number of rotatable bonds is 1. The number of carbonyl (C=O) groups is 6. The molecule has 2 saturated carbocycles. The van der Waals surface area contributed by atoms with E-state index in [9.17, 15) is 28.8 Å². The van der Waals surface area contributed by atoms with Crippen molar-refractivity contribution in [3.05, 3.63) is 0 Å². The number of hydrogen-bond donors (Lipinski definition) is 0. The number of carbonyl (C=O) groups excluding carboxylic acids is 6. The van der Waals surface area contributed by atoms with Crippen LogP contribution in [0.15, 0.2) is 0 Å². The molecule has 2 aliphatic carbocycles. The second kappa shape index (κ2) is 21.9. The fourth-order valence-electron chi connectivity index (χ4n) is 4.10. The third-order valence-corrected chi connectivity index (χ3v) is 7.07. The monoisotopic (exact) mass is 582 g/mol. The Morgan fingerprint density at radius 3 is 1.29 bits per heavy atom. The van der Waals surface area contributed by atoms with Crippen molar-refractivity contribution < 1.29 is 47.7 Å². The molecule has 0 aromatic rings. The second-order valence-electron chi connectivity index (χ2n) is 11.2. The van der Waals surface area contributed by atoms with Crippen LogP contribution in [0.3, 0.4) is 0 Å². The molecule has 6 rings (SSSR count). The van der Waals surface area contributed by atoms with Crippen molar-refractivity contribution in [3.63, 3.8) is 0 Å². The molecule has 0 bridgehead atoms. The highest BCUT2D eigenvalue weighted by atomic mass is 16.5. The summed E-state index contributed by atoms with van der Waals surface area (Å²) in [5, 5.41) is 0. The maximum Gasteiger partial charge on any atom is 0.308 e. The van der Waals surface area contributed by atoms with E-state index in [0.717, 1.165) is 76.5 Å². The summed E-state index contributed by atoms with van der Waals surface area (Å²) < 4.78 is 18.5. The molecule has 6 aliphatic rings. The smallest absolute Gasteiger partial charge is 0.308 e. The molecular formula is C31H50O10. The van der Waals surface area contributed by atoms with Gasteiger partial charge in [-0.1, -0.05) is 27.2 Å². The summed E-state index contributed by atoms with van der Waals surface area (Å²) in [6.07, 6.45) is 13.5. The summed E-state index contributed by atoms with van der Waals surface area (Å²) in [6.45, 7) is 8.66. The third kappa shape index (κ3) is 19.1. The molecule has 6 fully saturated rings. The molecule has 10 heteroatoms. The Hall–Kier alpha value is -2.78. The van der Waals surface area contributed by atoms with Gasteiger partial charge in [-0.2, -0.15) is 0 Å². The summed E-state index contributed by atoms with van der Waals surface area (Å²) in [6, 6.07) is 0. The van der Waals surface area contributed by atoms with Gasteiger partial charge < -0.3 is 18.9 Å². The fraction of sp³-hybridized carbons (Fsp3) is 0.806. The zero-order chi connectivity index (χ0) is 30.5. The van der Waals surface area contributed by atoms with Gasteiger partial charge in [-0.15, -0.1) is 0 Å². The molecule has 1 atom stereocenters. The van der Waals surface area contributed by atoms with E-state index < -0.39 is 0 Å². The van der Waals surface area contributed by atoms with Gasteiger partial charge in [-0.3, -0.25) is 28.8 Å². The topological polar surface area (TPSA) is 139 Å². The van der Waals surface area contributed by atoms with Gasteiger partial charge in [0, 0.05) is 44.9 Å². The van der Waals surface area contributed by atoms with Crippen molar-refractivity contribution in [3.8, 4) is 0 Å². The van der Waals surface area contributed by atoms with E-state index in [4.69, 9.17) is 4.74 Å². The van der Waals surface area contributed by atoms with Crippen LogP contribution >= 0.6 is 0 Å². The average molecular weight is 583 g/mol. The number of hydrogen-bond acceptors (Lipinski definition) is 10. The fourth-order valence-corrected chi connectivity index (χ4v) is 4.10. The van der Waals surface area contributed by atoms with Crippen molar-refractivity contribution in [1.82, 2.24) is 0 Å². The molecule has 0 aromatic heterocycles. The Bertz CT molecular complexity index is 795. The van der Waals surface area contributed by atoms with E-state index in [-0.39, 0.29) is 29.8 Å². The molecule has 0 N–H and O–H groups in total. The summed E-state index contributed by atoms with van der Waals surface area (Å²) >= 11 is 0. The third-order valence-electron chi connectivity index (χ3n) is 7.07. The molecule has 4 heterocycles. The van der Waals surface area contributed by atoms with E-state index in [0.29, 0.717) is 63.2 Å². The molecule has 41 heavy (non-hydrogen) atoms. The highest BCUT2D eigenvalue weighted by Crippen LogP contribution is 2.25. The van der Waals surface area contributed by atoms with Crippen LogP contribution in [0.4, 0.5) is 0 Å². The maximum absolute atomic E-state index is 10.5. The van der Waals surface area contributed by atoms with Crippen LogP contribution in [-0.2, 0) is 47.7 Å². The minimum Gasteiger partial charge on any atom is -0.466 e. The van der Waals surface area contributed by atoms with Crippen LogP contribution in [-0.4, -0.2) is 61.9 Å². The van der Waals surface area contributed by atoms with Crippen LogP contribution in [0.1, 0.15) is 117 Å². The van der Waals surface area contributed by atoms with Crippen molar-refractivity contribution in [1.29, 1.82) is 0 Å². The van der Waals surface area contributed by atoms with Crippen molar-refractivity contribution in [2.24, 2.45) is 17.8 Å². The average Bonchev–Trinajstić information content (AvgIpc) is 3.48. The van der Waals surface area contributed by atoms with Gasteiger partial charge >= 0.3 is 23.9 Å². The molecule has 4 saturated heterocycles. The van der Waals surface area contributed by atoms with Crippen molar-refractivity contribution in [2.75, 3.05) is 26.4 Å². The molecule has 0 spiro atoms. The Balaban J connectivity index is 0.000000247. The zero-order valence-electron chi connectivity index (χ0n) is 25.2. The summed E-state index contributed by atoms with van der Waals surface area (Å²) in [5.41, 5.74) is 0. The first-order valence-corrected chi connectivity index (χ1v) is 15.3. The summed E-state index contributed by atoms with van der Waals surface area (Å²) in [7, 11) is 0. The molecule has 0 amide bonds. The lowest BCUT2D eigenvalue weighted by Gasteiger charge is -2.21. The Morgan fingerprint density at radius 2 is 1.02 bits per heavy atom. The van der Waals surface area contributed by atoms with Gasteiger partial charge in [0.05, 0.1) is 32.3 Å². The Kier molecular flexibility index (Phi) is 19.4. The summed E-state index contributed by atoms with van der Waals surface area (Å²) in [5.74, 6) is 2.32. The van der Waals surface area contributed by atoms with Gasteiger partial charge in [0.15, 0.2) is 0 Å². The largest absolute Gasteiger partial charge is 0.466 e. The lowest BCUT2D eigenvalue weighted by molar-refractivity contribution is -0.147. The van der Waals surface area contributed by atoms with E-state index in [2.05, 4.69) is 28.1 Å². The number of ketones is 2. The van der Waals surface area contributed by atoms with E-state index in [1.54, 1.807) is 0 Å². The zero-order valence-corrected chi connectivity index (χ0v) is 25.2. The van der Waals surface area contributed by atoms with Crippen LogP contribution < -0.4 is 0 Å². The van der Waals surface area contributed by atoms with Crippen LogP contribution in [0, 0.1) is 17.8 Å². The number of esters is 4. The Labute approximate surface area is 244 Å². The predicted molar refractivity (Wildman–Crippen MR) is 151 cm³/mol. The van der Waals surface area contributed by atoms with Gasteiger partial charge in [-0.25, -0.2) is 0 Å². The van der Waals surface area contributed by atoms with Gasteiger partial charge in [-0.05, 0) is 56.8 Å². The summed E-state index contributed by atoms with van der Waals surface area (Å²) in [4.78, 5) is 61.5. The van der Waals surface area contributed by atoms with E-state index in [1.807, 2.05) is 6.92 Å². The minimum absolute atomic E-state index is 0.0255. The normalized spacial score (nSPS) is 23.4. The van der Waals surface area contributed by atoms with E-state index in [1.165, 1.54) is 6.42 Å². The molecule has 234 valence electrons. The van der Waals surface area contributed by atoms with Crippen LogP contribution in [0.25, 0.3) is 0 Å². The van der Waals surface area contributed by atoms with Crippen LogP contribution in [0.2, 0.25) is 0 Å². The lowest BCUT2D eigenvalue weighted by Crippen LogP contribution is -2.21. The molecular weight excluding hydrogens is 532 g/mol. The van der Waals surface area contributed by atoms with Gasteiger partial charge in [0.1, 0.15) is 11.6 Å². The standard InChI is InChI=1S/C6H10O2.C6H10O.2C5H8O2.C5H8O.C4H6O2/c7-6-4-2-1-3-5-8-6;1-2-5-3-6(7)4-5;1-4-2-3-7-5(4)6;6-5-3-1-2-4-7-5;1-4-2-5(6)3-4;5-4-2-1-3-6-4/h1-5H2;5H,2-4H2,1H3;4H,2-3H2,1H3;1-4H2;4H,2-3H2,1H3;1-3H2. The first-order valence-electron chi connectivity index (χ1n) is 15.3. The molecule has 1 unspecified atom stereocenters. The molecule has 0 aromatic carbocycles. The van der Waals surface area contributed by atoms with Gasteiger partial charge in [0.2, 0.25) is 0 Å². The van der Waals surface area contributed by atoms with Crippen molar-refractivity contribution in [2.45, 2.75) is 117 Å². The minimum atomic E-state index is -0.0463. The predicted octanol–water partition coefficient (Wildman–Crippen LogP) is 5.07. The first kappa shape index (κ1) is 36.2. The highest BCUT2D eigenvalue weighted by Gasteiger charge is 2.24. The van der Waals surface area contributed by atoms with E-state index >= 15 is 0 Å². The first-order chi connectivity index (χ1) is 19.6. The molecule has 0 radical (unpaired) electrons. The number of Topliss-reactive ketones (excluding diaryl/α,β-unsaturated/α-hetero) is 2. The van der Waals surface area contributed by atoms with Gasteiger partial charge in [0.25, 0.3) is 0 Å². The maximum atomic E-state index is 10.5. The quantitative estimate of drug-likeness (QED) is 0.304. The molecule has 10 nitrogen and oxygen atoms in total. The Morgan fingerprint density at radius 1 is 0.561 bits per heavy atom. The van der Waals surface area contributed by atoms with Crippen LogP contribution in [0.5, 0.6) is 0 Å².